The van der Waals surface area contributed by atoms with Crippen LogP contribution < -0.4 is 0 Å². The monoisotopic (exact) mass is 242 g/mol. The van der Waals surface area contributed by atoms with Crippen molar-refractivity contribution in [1.29, 1.82) is 0 Å². The number of hydrogen-bond acceptors (Lipinski definition) is 1. The Hall–Kier alpha value is -1.37. The van der Waals surface area contributed by atoms with Crippen LogP contribution in [0.15, 0.2) is 36.4 Å². The fourth-order valence-corrected chi connectivity index (χ4v) is 2.64. The lowest BCUT2D eigenvalue weighted by Gasteiger charge is -2.20. The minimum atomic E-state index is 0.281. The van der Waals surface area contributed by atoms with E-state index < -0.39 is 0 Å². The Kier molecular flexibility index (Phi) is 4.74. The molecule has 1 nitrogen and oxygen atoms in total. The molecule has 1 atom stereocenters. The van der Waals surface area contributed by atoms with Gasteiger partial charge in [-0.05, 0) is 36.5 Å². The van der Waals surface area contributed by atoms with Crippen LogP contribution >= 0.6 is 0 Å². The van der Waals surface area contributed by atoms with Gasteiger partial charge in [0.05, 0.1) is 0 Å². The molecule has 0 radical (unpaired) electrons. The summed E-state index contributed by atoms with van der Waals surface area (Å²) in [6, 6.07) is 10.3. The molecule has 0 heterocycles. The number of hydrogen-bond donors (Lipinski definition) is 0. The molecule has 0 spiro atoms. The highest BCUT2D eigenvalue weighted by Crippen LogP contribution is 2.30. The minimum Gasteiger partial charge on any atom is -0.295 e. The first-order chi connectivity index (χ1) is 8.81. The van der Waals surface area contributed by atoms with Crippen LogP contribution in [0.3, 0.4) is 0 Å². The standard InChI is InChI=1S/C17H22O/c1-2-3-5-10-15-11-12-16(13-17(15)18)14-8-6-4-7-9-14/h4,6-9,13,15H,2-3,5,10-12H2,1H3. The molecule has 0 aromatic heterocycles. The molecule has 0 N–H and O–H groups in total. The number of benzene rings is 1. The van der Waals surface area contributed by atoms with Crippen LogP contribution in [0.1, 0.15) is 51.0 Å². The third-order valence-corrected chi connectivity index (χ3v) is 3.78. The van der Waals surface area contributed by atoms with E-state index >= 15 is 0 Å². The molecule has 1 aliphatic rings. The molecule has 1 aliphatic carbocycles. The van der Waals surface area contributed by atoms with E-state index in [1.807, 2.05) is 24.3 Å². The normalized spacial score (nSPS) is 19.7. The van der Waals surface area contributed by atoms with Crippen LogP contribution in [-0.2, 0) is 4.79 Å². The van der Waals surface area contributed by atoms with E-state index in [4.69, 9.17) is 0 Å². The largest absolute Gasteiger partial charge is 0.295 e. The van der Waals surface area contributed by atoms with Gasteiger partial charge in [0.15, 0.2) is 5.78 Å². The van der Waals surface area contributed by atoms with Crippen molar-refractivity contribution in [3.05, 3.63) is 42.0 Å². The van der Waals surface area contributed by atoms with Gasteiger partial charge in [-0.3, -0.25) is 4.79 Å². The molecule has 18 heavy (non-hydrogen) atoms. The number of ketones is 1. The maximum Gasteiger partial charge on any atom is 0.159 e. The molecular weight excluding hydrogens is 220 g/mol. The summed E-state index contributed by atoms with van der Waals surface area (Å²) in [7, 11) is 0. The van der Waals surface area contributed by atoms with E-state index in [1.54, 1.807) is 0 Å². The molecule has 1 aromatic rings. The first kappa shape index (κ1) is 13.1. The highest BCUT2D eigenvalue weighted by atomic mass is 16.1. The number of carbonyl (C=O) groups excluding carboxylic acids is 1. The van der Waals surface area contributed by atoms with Crippen molar-refractivity contribution in [2.75, 3.05) is 0 Å². The van der Waals surface area contributed by atoms with Crippen LogP contribution in [0.5, 0.6) is 0 Å². The number of rotatable bonds is 5. The van der Waals surface area contributed by atoms with Gasteiger partial charge in [0, 0.05) is 5.92 Å². The Morgan fingerprint density at radius 3 is 2.61 bits per heavy atom. The predicted molar refractivity (Wildman–Crippen MR) is 76.3 cm³/mol. The number of carbonyl (C=O) groups is 1. The van der Waals surface area contributed by atoms with Gasteiger partial charge >= 0.3 is 0 Å². The molecular formula is C17H22O. The maximum atomic E-state index is 12.1. The van der Waals surface area contributed by atoms with E-state index in [2.05, 4.69) is 19.1 Å². The van der Waals surface area contributed by atoms with Crippen molar-refractivity contribution < 1.29 is 4.79 Å². The van der Waals surface area contributed by atoms with Crippen molar-refractivity contribution in [3.8, 4) is 0 Å². The Morgan fingerprint density at radius 1 is 1.17 bits per heavy atom. The molecule has 1 heteroatoms. The minimum absolute atomic E-state index is 0.281. The lowest BCUT2D eigenvalue weighted by Crippen LogP contribution is -2.17. The van der Waals surface area contributed by atoms with Crippen molar-refractivity contribution in [2.45, 2.75) is 45.4 Å². The van der Waals surface area contributed by atoms with Gasteiger partial charge in [-0.15, -0.1) is 0 Å². The van der Waals surface area contributed by atoms with Crippen LogP contribution in [0.4, 0.5) is 0 Å². The first-order valence-electron chi connectivity index (χ1n) is 7.11. The fraction of sp³-hybridized carbons (Fsp3) is 0.471. The van der Waals surface area contributed by atoms with Crippen LogP contribution in [-0.4, -0.2) is 5.78 Å². The average molecular weight is 242 g/mol. The van der Waals surface area contributed by atoms with Crippen molar-refractivity contribution in [3.63, 3.8) is 0 Å². The molecule has 0 saturated carbocycles. The highest BCUT2D eigenvalue weighted by Gasteiger charge is 2.22. The Balaban J connectivity index is 1.98. The van der Waals surface area contributed by atoms with Crippen molar-refractivity contribution >= 4 is 11.4 Å². The summed E-state index contributed by atoms with van der Waals surface area (Å²) in [5.41, 5.74) is 2.42. The number of unbranched alkanes of at least 4 members (excludes halogenated alkanes) is 2. The third kappa shape index (κ3) is 3.32. The SMILES string of the molecule is CCCCCC1CCC(c2ccccc2)=CC1=O. The summed E-state index contributed by atoms with van der Waals surface area (Å²) in [5.74, 6) is 0.625. The molecule has 0 fully saturated rings. The molecule has 1 unspecified atom stereocenters. The van der Waals surface area contributed by atoms with Gasteiger partial charge < -0.3 is 0 Å². The molecule has 96 valence electrons. The summed E-state index contributed by atoms with van der Waals surface area (Å²) in [5, 5.41) is 0. The molecule has 0 saturated heterocycles. The van der Waals surface area contributed by atoms with E-state index in [9.17, 15) is 4.79 Å². The van der Waals surface area contributed by atoms with Gasteiger partial charge in [-0.25, -0.2) is 0 Å². The first-order valence-corrected chi connectivity index (χ1v) is 7.11. The zero-order chi connectivity index (χ0) is 12.8. The van der Waals surface area contributed by atoms with Crippen molar-refractivity contribution in [2.24, 2.45) is 5.92 Å². The van der Waals surface area contributed by atoms with E-state index in [0.717, 1.165) is 19.3 Å². The Bertz CT molecular complexity index is 416. The van der Waals surface area contributed by atoms with Gasteiger partial charge in [-0.2, -0.15) is 0 Å². The second-order valence-electron chi connectivity index (χ2n) is 5.17. The zero-order valence-electron chi connectivity index (χ0n) is 11.2. The lowest BCUT2D eigenvalue weighted by atomic mass is 9.83. The van der Waals surface area contributed by atoms with Gasteiger partial charge in [0.25, 0.3) is 0 Å². The Labute approximate surface area is 110 Å². The molecule has 0 bridgehead atoms. The van der Waals surface area contributed by atoms with Crippen LogP contribution in [0.25, 0.3) is 5.57 Å². The zero-order valence-corrected chi connectivity index (χ0v) is 11.2. The van der Waals surface area contributed by atoms with E-state index in [0.29, 0.717) is 5.78 Å². The summed E-state index contributed by atoms with van der Waals surface area (Å²) < 4.78 is 0. The van der Waals surface area contributed by atoms with Crippen LogP contribution in [0, 0.1) is 5.92 Å². The lowest BCUT2D eigenvalue weighted by molar-refractivity contribution is -0.118. The molecule has 2 rings (SSSR count). The van der Waals surface area contributed by atoms with Gasteiger partial charge in [-0.1, -0.05) is 56.5 Å². The summed E-state index contributed by atoms with van der Waals surface area (Å²) in [4.78, 5) is 12.1. The molecule has 1 aromatic carbocycles. The highest BCUT2D eigenvalue weighted by molar-refractivity contribution is 5.99. The van der Waals surface area contributed by atoms with E-state index in [1.165, 1.54) is 30.4 Å². The average Bonchev–Trinajstić information content (AvgIpc) is 2.42. The molecule has 0 aliphatic heterocycles. The van der Waals surface area contributed by atoms with Gasteiger partial charge in [0.2, 0.25) is 0 Å². The third-order valence-electron chi connectivity index (χ3n) is 3.78. The summed E-state index contributed by atoms with van der Waals surface area (Å²) in [6.45, 7) is 2.20. The topological polar surface area (TPSA) is 17.1 Å². The fourth-order valence-electron chi connectivity index (χ4n) is 2.64. The second kappa shape index (κ2) is 6.53. The summed E-state index contributed by atoms with van der Waals surface area (Å²) in [6.07, 6.45) is 8.71. The van der Waals surface area contributed by atoms with E-state index in [-0.39, 0.29) is 5.92 Å². The second-order valence-corrected chi connectivity index (χ2v) is 5.17. The van der Waals surface area contributed by atoms with Crippen LogP contribution in [0.2, 0.25) is 0 Å². The van der Waals surface area contributed by atoms with Gasteiger partial charge in [0.1, 0.15) is 0 Å². The summed E-state index contributed by atoms with van der Waals surface area (Å²) >= 11 is 0. The maximum absolute atomic E-state index is 12.1. The molecule has 0 amide bonds. The number of allylic oxidation sites excluding steroid dienone is 2. The smallest absolute Gasteiger partial charge is 0.159 e. The Morgan fingerprint density at radius 2 is 1.94 bits per heavy atom. The predicted octanol–water partition coefficient (Wildman–Crippen LogP) is 4.63. The van der Waals surface area contributed by atoms with Crippen molar-refractivity contribution in [1.82, 2.24) is 0 Å². The quantitative estimate of drug-likeness (QED) is 0.688.